The van der Waals surface area contributed by atoms with Gasteiger partial charge in [0.25, 0.3) is 0 Å². The molecule has 14 heteroatoms. The molecule has 5 heterocycles. The number of hydrogen-bond acceptors (Lipinski definition) is 14. The van der Waals surface area contributed by atoms with Gasteiger partial charge in [-0.25, -0.2) is 0 Å². The Morgan fingerprint density at radius 1 is 0.919 bits per heavy atom. The number of carbonyl (C=O) groups excluding carboxylic acids is 1. The van der Waals surface area contributed by atoms with E-state index in [4.69, 9.17) is 42.6 Å². The molecule has 2 bridgehead atoms. The fourth-order valence-electron chi connectivity index (χ4n) is 11.1. The molecule has 0 aromatic heterocycles. The number of allylic oxidation sites excluding steroid dienone is 2. The smallest absolute Gasteiger partial charge is 0.316 e. The lowest BCUT2D eigenvalue weighted by Gasteiger charge is -2.48. The summed E-state index contributed by atoms with van der Waals surface area (Å²) < 4.78 is 56.8. The highest BCUT2D eigenvalue weighted by atomic mass is 16.8. The highest BCUT2D eigenvalue weighted by Gasteiger charge is 2.59. The number of rotatable bonds is 7. The molecule has 4 N–H and O–H groups in total. The first-order valence-corrected chi connectivity index (χ1v) is 23.2. The van der Waals surface area contributed by atoms with Crippen molar-refractivity contribution in [2.45, 2.75) is 197 Å². The minimum Gasteiger partial charge on any atom is -0.462 e. The molecule has 1 spiro atoms. The summed E-state index contributed by atoms with van der Waals surface area (Å²) in [6.07, 6.45) is 7.34. The summed E-state index contributed by atoms with van der Waals surface area (Å²) in [6.45, 7) is 14.3. The molecular formula is C48H74O14. The zero-order valence-corrected chi connectivity index (χ0v) is 38.3. The lowest BCUT2D eigenvalue weighted by molar-refractivity contribution is -0.412. The van der Waals surface area contributed by atoms with Gasteiger partial charge in [0.1, 0.15) is 35.9 Å². The van der Waals surface area contributed by atoms with Gasteiger partial charge in [-0.15, -0.1) is 0 Å². The third kappa shape index (κ3) is 9.60. The molecule has 0 radical (unpaired) electrons. The average Bonchev–Trinajstić information content (AvgIpc) is 3.48. The van der Waals surface area contributed by atoms with Gasteiger partial charge in [0.05, 0.1) is 37.1 Å². The molecule has 1 saturated carbocycles. The van der Waals surface area contributed by atoms with Crippen LogP contribution in [-0.4, -0.2) is 132 Å². The average molecular weight is 875 g/mol. The molecule has 62 heavy (non-hydrogen) atoms. The number of carbonyl (C=O) groups is 1. The Morgan fingerprint density at radius 2 is 1.68 bits per heavy atom. The number of hydrogen-bond donors (Lipinski definition) is 4. The van der Waals surface area contributed by atoms with E-state index < -0.39 is 96.4 Å². The van der Waals surface area contributed by atoms with E-state index in [9.17, 15) is 25.2 Å². The molecule has 7 rings (SSSR count). The summed E-state index contributed by atoms with van der Waals surface area (Å²) in [5.74, 6) is -4.21. The van der Waals surface area contributed by atoms with Crippen molar-refractivity contribution in [1.29, 1.82) is 0 Å². The molecule has 5 aliphatic heterocycles. The van der Waals surface area contributed by atoms with E-state index in [1.807, 2.05) is 32.1 Å². The largest absolute Gasteiger partial charge is 0.462 e. The summed E-state index contributed by atoms with van der Waals surface area (Å²) in [5, 5.41) is 46.5. The summed E-state index contributed by atoms with van der Waals surface area (Å²) >= 11 is 0. The number of esters is 1. The zero-order chi connectivity index (χ0) is 44.7. The molecule has 4 saturated heterocycles. The van der Waals surface area contributed by atoms with Crippen molar-refractivity contribution in [2.24, 2.45) is 29.6 Å². The van der Waals surface area contributed by atoms with E-state index >= 15 is 0 Å². The minimum absolute atomic E-state index is 0.143. The Bertz CT molecular complexity index is 1680. The Balaban J connectivity index is 1.18. The minimum atomic E-state index is -1.90. The standard InChI is InChI=1S/C48H74O14/c1-26(2)32-19-20-46(56-25-32)24-35-17-16-34(61-46)15-13-28(4)44(27(3)11-10-12-33-14-18-36-42(49)29(5)21-37(45(51)59-35)47(33,36)52)60-40-23-39(55-9)48(53,31(7)58-40)62-41-22-38(54-8)43(50)30(6)57-41/h10-13,21,26-27,30-32,34-44,49-50,52-53H,14-20,22-25H2,1-9H3/b11-10-,28-13-,33-12+. The van der Waals surface area contributed by atoms with E-state index in [1.54, 1.807) is 19.9 Å². The monoisotopic (exact) mass is 875 g/mol. The van der Waals surface area contributed by atoms with Gasteiger partial charge in [-0.2, -0.15) is 0 Å². The van der Waals surface area contributed by atoms with Crippen molar-refractivity contribution >= 4 is 5.97 Å². The predicted molar refractivity (Wildman–Crippen MR) is 227 cm³/mol. The Hall–Kier alpha value is -2.05. The molecule has 7 aliphatic rings. The maximum absolute atomic E-state index is 14.3. The van der Waals surface area contributed by atoms with Crippen LogP contribution in [-0.2, 0) is 47.4 Å². The summed E-state index contributed by atoms with van der Waals surface area (Å²) in [6, 6.07) is 0. The van der Waals surface area contributed by atoms with Gasteiger partial charge in [-0.1, -0.05) is 51.2 Å². The van der Waals surface area contributed by atoms with E-state index in [0.29, 0.717) is 74.5 Å². The first-order chi connectivity index (χ1) is 29.4. The van der Waals surface area contributed by atoms with Gasteiger partial charge in [-0.3, -0.25) is 4.79 Å². The fourth-order valence-corrected chi connectivity index (χ4v) is 11.1. The third-order valence-electron chi connectivity index (χ3n) is 15.2. The fraction of sp³-hybridized carbons (Fsp3) is 0.812. The Morgan fingerprint density at radius 3 is 2.37 bits per heavy atom. The van der Waals surface area contributed by atoms with Gasteiger partial charge in [0, 0.05) is 51.7 Å². The number of aliphatic hydroxyl groups excluding tert-OH is 2. The van der Waals surface area contributed by atoms with Crippen LogP contribution >= 0.6 is 0 Å². The van der Waals surface area contributed by atoms with Crippen LogP contribution < -0.4 is 0 Å². The van der Waals surface area contributed by atoms with Crippen molar-refractivity contribution in [2.75, 3.05) is 20.8 Å². The van der Waals surface area contributed by atoms with Crippen LogP contribution in [0.15, 0.2) is 47.1 Å². The molecular weight excluding hydrogens is 801 g/mol. The highest BCUT2D eigenvalue weighted by molar-refractivity contribution is 5.78. The quantitative estimate of drug-likeness (QED) is 0.142. The number of aliphatic hydroxyl groups is 4. The topological polar surface area (TPSA) is 181 Å². The van der Waals surface area contributed by atoms with Crippen LogP contribution in [0.3, 0.4) is 0 Å². The Kier molecular flexibility index (Phi) is 15.0. The van der Waals surface area contributed by atoms with E-state index in [0.717, 1.165) is 12.0 Å². The summed E-state index contributed by atoms with van der Waals surface area (Å²) in [5.41, 5.74) is 0.670. The van der Waals surface area contributed by atoms with Gasteiger partial charge < -0.3 is 63.1 Å². The maximum Gasteiger partial charge on any atom is 0.316 e. The van der Waals surface area contributed by atoms with Gasteiger partial charge in [-0.05, 0) is 94.8 Å². The van der Waals surface area contributed by atoms with Crippen LogP contribution in [0, 0.1) is 29.6 Å². The lowest BCUT2D eigenvalue weighted by Crippen LogP contribution is -2.63. The maximum atomic E-state index is 14.3. The molecule has 0 aromatic carbocycles. The molecule has 18 unspecified atom stereocenters. The molecule has 350 valence electrons. The number of ether oxygens (including phenoxy) is 9. The molecule has 14 nitrogen and oxygen atoms in total. The van der Waals surface area contributed by atoms with Crippen molar-refractivity contribution in [3.8, 4) is 0 Å². The van der Waals surface area contributed by atoms with Crippen LogP contribution in [0.1, 0.15) is 113 Å². The SMILES string of the molecule is COC1CC(OC2(O)C(C)OC(OC3/C(C)=C\CC4CCC(CC5(CCC(C(C)C)CO5)O4)OC(=O)C4C=C(C)C(O)C5CC/C(=C\C=C/C3C)C45O)CC2OC)OC(C)C1O. The predicted octanol–water partition coefficient (Wildman–Crippen LogP) is 5.54. The van der Waals surface area contributed by atoms with Gasteiger partial charge in [0.2, 0.25) is 5.79 Å². The Labute approximate surface area is 367 Å². The number of methoxy groups -OCH3 is 2. The second-order valence-electron chi connectivity index (χ2n) is 19.6. The number of fused-ring (bicyclic) bond motifs is 3. The summed E-state index contributed by atoms with van der Waals surface area (Å²) in [7, 11) is 3.03. The van der Waals surface area contributed by atoms with Gasteiger partial charge >= 0.3 is 5.97 Å². The highest BCUT2D eigenvalue weighted by Crippen LogP contribution is 2.52. The summed E-state index contributed by atoms with van der Waals surface area (Å²) in [4.78, 5) is 14.3. The van der Waals surface area contributed by atoms with Crippen molar-refractivity contribution in [3.63, 3.8) is 0 Å². The zero-order valence-electron chi connectivity index (χ0n) is 38.3. The van der Waals surface area contributed by atoms with Crippen LogP contribution in [0.4, 0.5) is 0 Å². The van der Waals surface area contributed by atoms with E-state index in [2.05, 4.69) is 26.8 Å². The first-order valence-electron chi connectivity index (χ1n) is 23.2. The normalized spacial score (nSPS) is 49.2. The van der Waals surface area contributed by atoms with Gasteiger partial charge in [0.15, 0.2) is 18.4 Å². The molecule has 0 amide bonds. The first kappa shape index (κ1) is 47.9. The molecule has 5 fully saturated rings. The molecule has 18 atom stereocenters. The van der Waals surface area contributed by atoms with E-state index in [1.165, 1.54) is 14.2 Å². The third-order valence-corrected chi connectivity index (χ3v) is 15.2. The van der Waals surface area contributed by atoms with Crippen LogP contribution in [0.2, 0.25) is 0 Å². The van der Waals surface area contributed by atoms with Crippen molar-refractivity contribution in [3.05, 3.63) is 47.1 Å². The second-order valence-corrected chi connectivity index (χ2v) is 19.6. The molecule has 0 aromatic rings. The van der Waals surface area contributed by atoms with Crippen molar-refractivity contribution in [1.82, 2.24) is 0 Å². The molecule has 2 aliphatic carbocycles. The van der Waals surface area contributed by atoms with Crippen LogP contribution in [0.25, 0.3) is 0 Å². The van der Waals surface area contributed by atoms with E-state index in [-0.39, 0.29) is 24.9 Å². The van der Waals surface area contributed by atoms with Crippen molar-refractivity contribution < 1.29 is 67.9 Å². The van der Waals surface area contributed by atoms with Crippen LogP contribution in [0.5, 0.6) is 0 Å². The second kappa shape index (κ2) is 19.4. The lowest BCUT2D eigenvalue weighted by atomic mass is 9.68.